The van der Waals surface area contributed by atoms with Crippen LogP contribution < -0.4 is 27.8 Å². The Hall–Kier alpha value is -2.54. The van der Waals surface area contributed by atoms with Gasteiger partial charge < -0.3 is 37.8 Å². The van der Waals surface area contributed by atoms with Crippen LogP contribution in [0.2, 0.25) is 0 Å². The largest absolute Gasteiger partial charge is 0.480 e. The van der Waals surface area contributed by atoms with E-state index in [0.717, 1.165) is 0 Å². The summed E-state index contributed by atoms with van der Waals surface area (Å²) >= 11 is 4.04. The molecule has 1 fully saturated rings. The first-order valence-electron chi connectivity index (χ1n) is 11.0. The second kappa shape index (κ2) is 13.9. The van der Waals surface area contributed by atoms with E-state index in [4.69, 9.17) is 17.2 Å². The zero-order chi connectivity index (χ0) is 25.1. The summed E-state index contributed by atoms with van der Waals surface area (Å²) in [6, 6.07) is -3.66. The summed E-state index contributed by atoms with van der Waals surface area (Å²) in [5.41, 5.74) is 16.3. The van der Waals surface area contributed by atoms with Crippen LogP contribution in [-0.4, -0.2) is 82.7 Å². The van der Waals surface area contributed by atoms with Crippen LogP contribution in [0.5, 0.6) is 0 Å². The van der Waals surface area contributed by atoms with Crippen molar-refractivity contribution in [3.63, 3.8) is 0 Å². The van der Waals surface area contributed by atoms with E-state index in [0.29, 0.717) is 32.2 Å². The highest BCUT2D eigenvalue weighted by atomic mass is 32.1. The van der Waals surface area contributed by atoms with Crippen molar-refractivity contribution in [1.29, 1.82) is 0 Å². The molecule has 33 heavy (non-hydrogen) atoms. The quantitative estimate of drug-likeness (QED) is 0.0694. The van der Waals surface area contributed by atoms with Gasteiger partial charge in [0.25, 0.3) is 0 Å². The van der Waals surface area contributed by atoms with Crippen LogP contribution >= 0.6 is 12.6 Å². The van der Waals surface area contributed by atoms with Crippen LogP contribution in [0.3, 0.4) is 0 Å². The van der Waals surface area contributed by atoms with Gasteiger partial charge in [0.15, 0.2) is 5.96 Å². The first-order chi connectivity index (χ1) is 15.5. The van der Waals surface area contributed by atoms with Crippen molar-refractivity contribution in [2.75, 3.05) is 18.8 Å². The lowest BCUT2D eigenvalue weighted by molar-refractivity contribution is -0.143. The Morgan fingerprint density at radius 1 is 1.18 bits per heavy atom. The molecule has 0 radical (unpaired) electrons. The third kappa shape index (κ3) is 9.46. The molecule has 12 nitrogen and oxygen atoms in total. The van der Waals surface area contributed by atoms with E-state index in [1.165, 1.54) is 4.90 Å². The average molecular weight is 488 g/mol. The van der Waals surface area contributed by atoms with E-state index in [2.05, 4.69) is 28.3 Å². The maximum atomic E-state index is 13.0. The fraction of sp³-hybridized carbons (Fsp3) is 0.750. The smallest absolute Gasteiger partial charge is 0.326 e. The summed E-state index contributed by atoms with van der Waals surface area (Å²) in [5.74, 6) is -2.52. The number of amides is 3. The second-order valence-electron chi connectivity index (χ2n) is 8.52. The number of carbonyl (C=O) groups excluding carboxylic acids is 3. The highest BCUT2D eigenvalue weighted by Crippen LogP contribution is 2.19. The first-order valence-corrected chi connectivity index (χ1v) is 11.7. The molecule has 4 unspecified atom stereocenters. The van der Waals surface area contributed by atoms with Gasteiger partial charge in [-0.05, 0) is 38.0 Å². The molecular formula is C20H37N7O5S. The van der Waals surface area contributed by atoms with Crippen molar-refractivity contribution < 1.29 is 24.3 Å². The molecule has 0 saturated carbocycles. The zero-order valence-electron chi connectivity index (χ0n) is 19.2. The Balaban J connectivity index is 2.85. The van der Waals surface area contributed by atoms with E-state index in [1.54, 1.807) is 0 Å². The van der Waals surface area contributed by atoms with Gasteiger partial charge in [0.05, 0.1) is 6.04 Å². The fourth-order valence-corrected chi connectivity index (χ4v) is 3.75. The average Bonchev–Trinajstić information content (AvgIpc) is 3.23. The molecule has 1 heterocycles. The van der Waals surface area contributed by atoms with Crippen molar-refractivity contribution in [3.05, 3.63) is 0 Å². The van der Waals surface area contributed by atoms with Crippen LogP contribution in [0, 0.1) is 5.92 Å². The minimum atomic E-state index is -1.20. The molecule has 1 saturated heterocycles. The van der Waals surface area contributed by atoms with Crippen LogP contribution in [0.15, 0.2) is 4.99 Å². The molecule has 188 valence electrons. The van der Waals surface area contributed by atoms with E-state index in [1.807, 2.05) is 13.8 Å². The molecule has 0 spiro atoms. The number of nitrogens with two attached hydrogens (primary N) is 3. The molecule has 0 aromatic heterocycles. The molecule has 13 heteroatoms. The summed E-state index contributed by atoms with van der Waals surface area (Å²) in [5, 5.41) is 14.7. The van der Waals surface area contributed by atoms with Gasteiger partial charge in [0.2, 0.25) is 17.7 Å². The number of aliphatic carboxylic acids is 1. The molecule has 1 rings (SSSR count). The monoisotopic (exact) mass is 487 g/mol. The van der Waals surface area contributed by atoms with E-state index in [9.17, 15) is 24.3 Å². The lowest BCUT2D eigenvalue weighted by Gasteiger charge is -2.28. The number of hydrogen-bond donors (Lipinski definition) is 7. The highest BCUT2D eigenvalue weighted by Gasteiger charge is 2.37. The maximum Gasteiger partial charge on any atom is 0.326 e. The number of thiol groups is 1. The van der Waals surface area contributed by atoms with Crippen LogP contribution in [0.4, 0.5) is 0 Å². The minimum Gasteiger partial charge on any atom is -0.480 e. The molecule has 0 aromatic carbocycles. The number of carboxylic acids is 1. The predicted molar refractivity (Wildman–Crippen MR) is 127 cm³/mol. The van der Waals surface area contributed by atoms with Crippen LogP contribution in [-0.2, 0) is 19.2 Å². The van der Waals surface area contributed by atoms with Crippen molar-refractivity contribution in [2.45, 2.75) is 70.1 Å². The van der Waals surface area contributed by atoms with Crippen molar-refractivity contribution >= 4 is 42.3 Å². The normalized spacial score (nSPS) is 18.3. The number of nitrogens with zero attached hydrogens (tertiary/aromatic N) is 2. The summed E-state index contributed by atoms with van der Waals surface area (Å²) < 4.78 is 0. The third-order valence-corrected chi connectivity index (χ3v) is 5.65. The highest BCUT2D eigenvalue weighted by molar-refractivity contribution is 7.80. The lowest BCUT2D eigenvalue weighted by Crippen LogP contribution is -2.57. The molecule has 9 N–H and O–H groups in total. The SMILES string of the molecule is CC(C)CC(NC(=O)C1CCCN1C(=O)C(N)CS)C(=O)NC(CCCN=C(N)N)C(=O)O. The number of carbonyl (C=O) groups is 4. The number of nitrogens with one attached hydrogen (secondary N) is 2. The summed E-state index contributed by atoms with van der Waals surface area (Å²) in [4.78, 5) is 55.1. The molecule has 0 aliphatic carbocycles. The molecule has 4 atom stereocenters. The minimum absolute atomic E-state index is 0.0464. The van der Waals surface area contributed by atoms with E-state index in [-0.39, 0.29) is 36.5 Å². The molecule has 0 aromatic rings. The number of guanidine groups is 1. The predicted octanol–water partition coefficient (Wildman–Crippen LogP) is -1.61. The molecule has 3 amide bonds. The summed E-state index contributed by atoms with van der Waals surface area (Å²) in [6.45, 7) is 4.39. The van der Waals surface area contributed by atoms with Gasteiger partial charge in [0, 0.05) is 18.8 Å². The van der Waals surface area contributed by atoms with Gasteiger partial charge in [-0.25, -0.2) is 4.79 Å². The number of hydrogen-bond acceptors (Lipinski definition) is 7. The fourth-order valence-electron chi connectivity index (χ4n) is 3.60. The molecule has 1 aliphatic heterocycles. The van der Waals surface area contributed by atoms with Crippen molar-refractivity contribution in [3.8, 4) is 0 Å². The van der Waals surface area contributed by atoms with Crippen molar-refractivity contribution in [1.82, 2.24) is 15.5 Å². The third-order valence-electron chi connectivity index (χ3n) is 5.25. The lowest BCUT2D eigenvalue weighted by atomic mass is 10.0. The summed E-state index contributed by atoms with van der Waals surface area (Å²) in [6.07, 6.45) is 1.86. The molecule has 0 bridgehead atoms. The zero-order valence-corrected chi connectivity index (χ0v) is 20.1. The standard InChI is InChI=1S/C20H37N7O5S/c1-11(2)9-14(16(28)25-13(19(31)32)5-3-7-24-20(22)23)26-17(29)15-6-4-8-27(15)18(30)12(21)10-33/h11-15,33H,3-10,21H2,1-2H3,(H,25,28)(H,26,29)(H,31,32)(H4,22,23,24). The van der Waals surface area contributed by atoms with Crippen molar-refractivity contribution in [2.24, 2.45) is 28.1 Å². The Morgan fingerprint density at radius 2 is 1.85 bits per heavy atom. The Labute approximate surface area is 199 Å². The number of carboxylic acid groups (broad SMARTS) is 1. The van der Waals surface area contributed by atoms with Gasteiger partial charge >= 0.3 is 5.97 Å². The van der Waals surface area contributed by atoms with E-state index >= 15 is 0 Å². The number of likely N-dealkylation sites (tertiary alicyclic amines) is 1. The maximum absolute atomic E-state index is 13.0. The Bertz CT molecular complexity index is 730. The molecule has 1 aliphatic rings. The van der Waals surface area contributed by atoms with Gasteiger partial charge in [-0.1, -0.05) is 13.8 Å². The topological polar surface area (TPSA) is 206 Å². The summed E-state index contributed by atoms with van der Waals surface area (Å²) in [7, 11) is 0. The van der Waals surface area contributed by atoms with Gasteiger partial charge in [-0.3, -0.25) is 19.4 Å². The van der Waals surface area contributed by atoms with E-state index < -0.39 is 42.0 Å². The Morgan fingerprint density at radius 3 is 2.39 bits per heavy atom. The first kappa shape index (κ1) is 28.5. The number of rotatable bonds is 13. The van der Waals surface area contributed by atoms with Gasteiger partial charge in [-0.2, -0.15) is 12.6 Å². The van der Waals surface area contributed by atoms with Gasteiger partial charge in [-0.15, -0.1) is 0 Å². The second-order valence-corrected chi connectivity index (χ2v) is 8.88. The van der Waals surface area contributed by atoms with Gasteiger partial charge in [0.1, 0.15) is 18.1 Å². The Kier molecular flexibility index (Phi) is 12.0. The van der Waals surface area contributed by atoms with Crippen LogP contribution in [0.1, 0.15) is 46.0 Å². The van der Waals surface area contributed by atoms with Crippen LogP contribution in [0.25, 0.3) is 0 Å². The molecular weight excluding hydrogens is 450 g/mol. The number of aliphatic imine (C=N–C) groups is 1.